The summed E-state index contributed by atoms with van der Waals surface area (Å²) < 4.78 is 5.25. The Hall–Kier alpha value is -0.730. The summed E-state index contributed by atoms with van der Waals surface area (Å²) in [5.41, 5.74) is 0. The molecule has 0 unspecified atom stereocenters. The van der Waals surface area contributed by atoms with Gasteiger partial charge in [0.1, 0.15) is 0 Å². The number of thioether (sulfide) groups is 1. The highest BCUT2D eigenvalue weighted by Crippen LogP contribution is 2.04. The summed E-state index contributed by atoms with van der Waals surface area (Å²) in [6, 6.07) is 0. The molecule has 0 radical (unpaired) electrons. The van der Waals surface area contributed by atoms with E-state index in [1.807, 2.05) is 31.2 Å². The lowest BCUT2D eigenvalue weighted by atomic mass is 10.5. The lowest BCUT2D eigenvalue weighted by Crippen LogP contribution is -2.31. The maximum Gasteiger partial charge on any atom is 0.208 e. The first-order valence-corrected chi connectivity index (χ1v) is 5.86. The van der Waals surface area contributed by atoms with Gasteiger partial charge >= 0.3 is 0 Å². The van der Waals surface area contributed by atoms with Gasteiger partial charge in [0.25, 0.3) is 0 Å². The average Bonchev–Trinajstić information content (AvgIpc) is 2.22. The lowest BCUT2D eigenvalue weighted by molar-refractivity contribution is 0.134. The van der Waals surface area contributed by atoms with Crippen LogP contribution in [0.3, 0.4) is 0 Å². The summed E-state index contributed by atoms with van der Waals surface area (Å²) >= 11 is 1.48. The molecule has 0 saturated carbocycles. The predicted octanol–water partition coefficient (Wildman–Crippen LogP) is 1.54. The first kappa shape index (κ1) is 13.3. The molecule has 0 rings (SSSR count). The molecule has 0 amide bonds. The SMILES string of the molecule is CCOCCN(CC)C(=NC#N)SC. The van der Waals surface area contributed by atoms with Crippen molar-refractivity contribution in [1.29, 1.82) is 5.26 Å². The van der Waals surface area contributed by atoms with E-state index in [1.54, 1.807) is 0 Å². The molecule has 0 aromatic heterocycles. The van der Waals surface area contributed by atoms with Gasteiger partial charge in [0.15, 0.2) is 5.17 Å². The van der Waals surface area contributed by atoms with Crippen LogP contribution in [0.25, 0.3) is 0 Å². The van der Waals surface area contributed by atoms with Gasteiger partial charge in [-0.3, -0.25) is 0 Å². The van der Waals surface area contributed by atoms with E-state index in [1.165, 1.54) is 11.8 Å². The first-order valence-electron chi connectivity index (χ1n) is 4.63. The second-order valence-corrected chi connectivity index (χ2v) is 3.25. The van der Waals surface area contributed by atoms with E-state index in [4.69, 9.17) is 10.00 Å². The third-order valence-corrected chi connectivity index (χ3v) is 2.40. The molecule has 0 aromatic carbocycles. The van der Waals surface area contributed by atoms with E-state index in [9.17, 15) is 0 Å². The van der Waals surface area contributed by atoms with Crippen molar-refractivity contribution in [3.05, 3.63) is 0 Å². The van der Waals surface area contributed by atoms with Gasteiger partial charge in [0, 0.05) is 19.7 Å². The first-order chi connectivity index (χ1) is 6.79. The highest BCUT2D eigenvalue weighted by atomic mass is 32.2. The Morgan fingerprint density at radius 2 is 2.29 bits per heavy atom. The topological polar surface area (TPSA) is 48.6 Å². The molecular weight excluding hydrogens is 198 g/mol. The van der Waals surface area contributed by atoms with E-state index in [-0.39, 0.29) is 0 Å². The fourth-order valence-corrected chi connectivity index (χ4v) is 1.61. The molecule has 5 heteroatoms. The Bertz CT molecular complexity index is 213. The van der Waals surface area contributed by atoms with Crippen LogP contribution in [-0.4, -0.2) is 42.6 Å². The molecule has 0 aliphatic carbocycles. The van der Waals surface area contributed by atoms with Crippen molar-refractivity contribution in [1.82, 2.24) is 4.90 Å². The molecule has 0 aromatic rings. The largest absolute Gasteiger partial charge is 0.380 e. The Morgan fingerprint density at radius 3 is 2.71 bits per heavy atom. The number of nitriles is 1. The number of hydrogen-bond acceptors (Lipinski definition) is 4. The smallest absolute Gasteiger partial charge is 0.208 e. The van der Waals surface area contributed by atoms with Crippen molar-refractivity contribution < 1.29 is 4.74 Å². The minimum atomic E-state index is 0.676. The molecule has 0 atom stereocenters. The molecule has 0 saturated heterocycles. The summed E-state index contributed by atoms with van der Waals surface area (Å²) in [6.07, 6.45) is 3.72. The number of nitrogens with zero attached hydrogens (tertiary/aromatic N) is 3. The van der Waals surface area contributed by atoms with Crippen LogP contribution in [0.1, 0.15) is 13.8 Å². The molecule has 0 aliphatic heterocycles. The van der Waals surface area contributed by atoms with Gasteiger partial charge in [-0.25, -0.2) is 0 Å². The van der Waals surface area contributed by atoms with Gasteiger partial charge in [-0.05, 0) is 20.1 Å². The molecule has 0 fully saturated rings. The Morgan fingerprint density at radius 1 is 1.57 bits per heavy atom. The molecule has 0 heterocycles. The number of hydrogen-bond donors (Lipinski definition) is 0. The molecule has 80 valence electrons. The van der Waals surface area contributed by atoms with Crippen LogP contribution < -0.4 is 0 Å². The Labute approximate surface area is 89.9 Å². The summed E-state index contributed by atoms with van der Waals surface area (Å²) in [5, 5.41) is 9.23. The monoisotopic (exact) mass is 215 g/mol. The zero-order valence-electron chi connectivity index (χ0n) is 8.99. The minimum Gasteiger partial charge on any atom is -0.380 e. The highest BCUT2D eigenvalue weighted by Gasteiger charge is 2.07. The number of rotatable bonds is 5. The second-order valence-electron chi connectivity index (χ2n) is 2.48. The third-order valence-electron chi connectivity index (χ3n) is 1.69. The zero-order chi connectivity index (χ0) is 10.8. The van der Waals surface area contributed by atoms with Gasteiger partial charge in [0.05, 0.1) is 6.61 Å². The maximum atomic E-state index is 8.48. The fourth-order valence-electron chi connectivity index (χ4n) is 0.996. The standard InChI is InChI=1S/C9H17N3OS/c1-4-12(6-7-13-5-2)9(14-3)11-8-10/h4-7H2,1-3H3. The van der Waals surface area contributed by atoms with Crippen LogP contribution in [0.15, 0.2) is 4.99 Å². The van der Waals surface area contributed by atoms with E-state index in [0.29, 0.717) is 6.61 Å². The van der Waals surface area contributed by atoms with Gasteiger partial charge in [-0.1, -0.05) is 11.8 Å². The quantitative estimate of drug-likeness (QED) is 0.302. The van der Waals surface area contributed by atoms with Crippen LogP contribution in [0.5, 0.6) is 0 Å². The number of aliphatic imine (C=N–C) groups is 1. The Kier molecular flexibility index (Phi) is 8.39. The molecule has 0 N–H and O–H groups in total. The van der Waals surface area contributed by atoms with E-state index in [0.717, 1.165) is 24.9 Å². The summed E-state index contributed by atoms with van der Waals surface area (Å²) in [6.45, 7) is 7.03. The van der Waals surface area contributed by atoms with Gasteiger partial charge in [0.2, 0.25) is 6.19 Å². The van der Waals surface area contributed by atoms with Gasteiger partial charge < -0.3 is 9.64 Å². The number of ether oxygens (including phenoxy) is 1. The van der Waals surface area contributed by atoms with Crippen LogP contribution in [0.2, 0.25) is 0 Å². The molecule has 14 heavy (non-hydrogen) atoms. The lowest BCUT2D eigenvalue weighted by Gasteiger charge is -2.21. The van der Waals surface area contributed by atoms with Crippen LogP contribution in [0, 0.1) is 11.5 Å². The Balaban J connectivity index is 4.10. The van der Waals surface area contributed by atoms with Crippen molar-refractivity contribution >= 4 is 16.9 Å². The van der Waals surface area contributed by atoms with Crippen molar-refractivity contribution in [3.8, 4) is 6.19 Å². The molecule has 0 bridgehead atoms. The summed E-state index contributed by atoms with van der Waals surface area (Å²) in [5.74, 6) is 0. The molecule has 4 nitrogen and oxygen atoms in total. The average molecular weight is 215 g/mol. The van der Waals surface area contributed by atoms with Crippen molar-refractivity contribution in [2.45, 2.75) is 13.8 Å². The number of amidine groups is 1. The third kappa shape index (κ3) is 5.10. The normalized spacial score (nSPS) is 11.1. The summed E-state index contributed by atoms with van der Waals surface area (Å²) in [4.78, 5) is 5.78. The van der Waals surface area contributed by atoms with Gasteiger partial charge in [-0.2, -0.15) is 5.26 Å². The fraction of sp³-hybridized carbons (Fsp3) is 0.778. The maximum absolute atomic E-state index is 8.48. The van der Waals surface area contributed by atoms with Gasteiger partial charge in [-0.15, -0.1) is 4.99 Å². The van der Waals surface area contributed by atoms with Crippen molar-refractivity contribution in [3.63, 3.8) is 0 Å². The minimum absolute atomic E-state index is 0.676. The van der Waals surface area contributed by atoms with Crippen LogP contribution in [0.4, 0.5) is 0 Å². The number of likely N-dealkylation sites (N-methyl/N-ethyl adjacent to an activating group) is 1. The predicted molar refractivity (Wildman–Crippen MR) is 60.3 cm³/mol. The van der Waals surface area contributed by atoms with Crippen molar-refractivity contribution in [2.75, 3.05) is 32.6 Å². The second kappa shape index (κ2) is 8.85. The van der Waals surface area contributed by atoms with Crippen molar-refractivity contribution in [2.24, 2.45) is 4.99 Å². The van der Waals surface area contributed by atoms with E-state index in [2.05, 4.69) is 4.99 Å². The van der Waals surface area contributed by atoms with E-state index >= 15 is 0 Å². The molecule has 0 spiro atoms. The highest BCUT2D eigenvalue weighted by molar-refractivity contribution is 8.13. The molecule has 0 aliphatic rings. The molecular formula is C9H17N3OS. The summed E-state index contributed by atoms with van der Waals surface area (Å²) in [7, 11) is 0. The van der Waals surface area contributed by atoms with Crippen LogP contribution >= 0.6 is 11.8 Å². The van der Waals surface area contributed by atoms with Crippen LogP contribution in [-0.2, 0) is 4.74 Å². The zero-order valence-corrected chi connectivity index (χ0v) is 9.80. The van der Waals surface area contributed by atoms with E-state index < -0.39 is 0 Å².